The lowest BCUT2D eigenvalue weighted by Gasteiger charge is -2.14. The average Bonchev–Trinajstić information content (AvgIpc) is 3.17. The molecular formula is C17H22N2O2. The van der Waals surface area contributed by atoms with Gasteiger partial charge in [0.2, 0.25) is 0 Å². The van der Waals surface area contributed by atoms with Gasteiger partial charge in [-0.2, -0.15) is 5.10 Å². The van der Waals surface area contributed by atoms with Crippen molar-refractivity contribution in [1.29, 1.82) is 0 Å². The van der Waals surface area contributed by atoms with Crippen LogP contribution in [0, 0.1) is 0 Å². The van der Waals surface area contributed by atoms with E-state index < -0.39 is 6.10 Å². The summed E-state index contributed by atoms with van der Waals surface area (Å²) in [6, 6.07) is 10.1. The van der Waals surface area contributed by atoms with Crippen molar-refractivity contribution in [1.82, 2.24) is 9.78 Å². The van der Waals surface area contributed by atoms with Gasteiger partial charge in [0.05, 0.1) is 24.9 Å². The second kappa shape index (κ2) is 6.31. The van der Waals surface area contributed by atoms with Gasteiger partial charge >= 0.3 is 0 Å². The molecule has 1 heterocycles. The topological polar surface area (TPSA) is 47.3 Å². The van der Waals surface area contributed by atoms with Crippen molar-refractivity contribution in [2.24, 2.45) is 0 Å². The van der Waals surface area contributed by atoms with Crippen molar-refractivity contribution >= 4 is 0 Å². The van der Waals surface area contributed by atoms with Crippen LogP contribution in [0.25, 0.3) is 0 Å². The van der Waals surface area contributed by atoms with Gasteiger partial charge in [-0.1, -0.05) is 31.0 Å². The van der Waals surface area contributed by atoms with Crippen molar-refractivity contribution in [3.05, 3.63) is 47.8 Å². The summed E-state index contributed by atoms with van der Waals surface area (Å²) in [6.07, 6.45) is 6.99. The molecule has 21 heavy (non-hydrogen) atoms. The van der Waals surface area contributed by atoms with Gasteiger partial charge in [-0.15, -0.1) is 0 Å². The van der Waals surface area contributed by atoms with E-state index in [0.717, 1.165) is 17.0 Å². The number of aromatic nitrogens is 2. The fourth-order valence-electron chi connectivity index (χ4n) is 3.11. The summed E-state index contributed by atoms with van der Waals surface area (Å²) in [7, 11) is 1.63. The lowest BCUT2D eigenvalue weighted by Crippen LogP contribution is -2.08. The number of hydrogen-bond acceptors (Lipinski definition) is 3. The highest BCUT2D eigenvalue weighted by Gasteiger charge is 2.19. The molecule has 0 spiro atoms. The van der Waals surface area contributed by atoms with E-state index in [1.807, 2.05) is 36.5 Å². The monoisotopic (exact) mass is 286 g/mol. The molecule has 1 aromatic heterocycles. The quantitative estimate of drug-likeness (QED) is 0.917. The van der Waals surface area contributed by atoms with Crippen LogP contribution in [0.4, 0.5) is 0 Å². The van der Waals surface area contributed by atoms with E-state index in [0.29, 0.717) is 12.5 Å². The Morgan fingerprint density at radius 2 is 2.05 bits per heavy atom. The summed E-state index contributed by atoms with van der Waals surface area (Å²) < 4.78 is 7.37. The van der Waals surface area contributed by atoms with Gasteiger partial charge < -0.3 is 9.84 Å². The largest absolute Gasteiger partial charge is 0.496 e. The number of para-hydroxylation sites is 1. The van der Waals surface area contributed by atoms with E-state index in [4.69, 9.17) is 4.74 Å². The summed E-state index contributed by atoms with van der Waals surface area (Å²) in [5.74, 6) is 0.722. The Balaban J connectivity index is 1.71. The summed E-state index contributed by atoms with van der Waals surface area (Å²) >= 11 is 0. The van der Waals surface area contributed by atoms with Crippen LogP contribution in [-0.4, -0.2) is 22.0 Å². The molecule has 0 radical (unpaired) electrons. The maximum absolute atomic E-state index is 10.4. The Bertz CT molecular complexity index is 588. The number of benzene rings is 1. The molecule has 1 aliphatic carbocycles. The molecule has 0 bridgehead atoms. The third-order valence-corrected chi connectivity index (χ3v) is 4.26. The molecule has 1 aromatic carbocycles. The third-order valence-electron chi connectivity index (χ3n) is 4.26. The minimum atomic E-state index is -0.590. The van der Waals surface area contributed by atoms with Gasteiger partial charge in [-0.3, -0.25) is 4.68 Å². The number of methoxy groups -OCH3 is 1. The van der Waals surface area contributed by atoms with Crippen molar-refractivity contribution in [2.45, 2.75) is 44.2 Å². The molecule has 0 saturated heterocycles. The molecule has 112 valence electrons. The predicted molar refractivity (Wildman–Crippen MR) is 81.4 cm³/mol. The second-order valence-corrected chi connectivity index (χ2v) is 5.69. The van der Waals surface area contributed by atoms with Crippen LogP contribution in [-0.2, 0) is 6.42 Å². The highest BCUT2D eigenvalue weighted by Crippen LogP contribution is 2.30. The van der Waals surface area contributed by atoms with Crippen molar-refractivity contribution < 1.29 is 9.84 Å². The normalized spacial score (nSPS) is 17.0. The van der Waals surface area contributed by atoms with Crippen LogP contribution < -0.4 is 4.74 Å². The van der Waals surface area contributed by atoms with E-state index in [-0.39, 0.29) is 0 Å². The highest BCUT2D eigenvalue weighted by molar-refractivity contribution is 5.35. The van der Waals surface area contributed by atoms with E-state index in [9.17, 15) is 5.11 Å². The van der Waals surface area contributed by atoms with Crippen LogP contribution in [0.1, 0.15) is 49.1 Å². The Kier molecular flexibility index (Phi) is 4.25. The maximum atomic E-state index is 10.4. The van der Waals surface area contributed by atoms with Gasteiger partial charge in [0.25, 0.3) is 0 Å². The van der Waals surface area contributed by atoms with Crippen molar-refractivity contribution in [2.75, 3.05) is 7.11 Å². The van der Waals surface area contributed by atoms with Gasteiger partial charge in [-0.25, -0.2) is 0 Å². The molecule has 3 rings (SSSR count). The van der Waals surface area contributed by atoms with Crippen LogP contribution in [0.2, 0.25) is 0 Å². The zero-order valence-corrected chi connectivity index (χ0v) is 12.4. The zero-order valence-electron chi connectivity index (χ0n) is 12.4. The lowest BCUT2D eigenvalue weighted by atomic mass is 10.0. The van der Waals surface area contributed by atoms with E-state index in [2.05, 4.69) is 9.78 Å². The first-order valence-electron chi connectivity index (χ1n) is 7.63. The molecule has 1 unspecified atom stereocenters. The summed E-state index contributed by atoms with van der Waals surface area (Å²) in [5, 5.41) is 15.1. The van der Waals surface area contributed by atoms with Crippen LogP contribution >= 0.6 is 0 Å². The molecule has 4 heteroatoms. The molecule has 1 saturated carbocycles. The number of nitrogens with zero attached hydrogens (tertiary/aromatic N) is 2. The van der Waals surface area contributed by atoms with E-state index in [1.165, 1.54) is 25.7 Å². The maximum Gasteiger partial charge on any atom is 0.124 e. The zero-order chi connectivity index (χ0) is 14.7. The highest BCUT2D eigenvalue weighted by atomic mass is 16.5. The first-order valence-corrected chi connectivity index (χ1v) is 7.63. The molecule has 1 aliphatic rings. The third kappa shape index (κ3) is 3.10. The second-order valence-electron chi connectivity index (χ2n) is 5.69. The lowest BCUT2D eigenvalue weighted by molar-refractivity contribution is 0.172. The Hall–Kier alpha value is -1.81. The Labute approximate surface area is 125 Å². The Morgan fingerprint density at radius 1 is 1.29 bits per heavy atom. The number of aliphatic hydroxyl groups excluding tert-OH is 1. The standard InChI is InChI=1S/C17H22N2O2/c1-21-17-9-5-4-8-15(17)16(20)12-13-10-11-19(18-13)14-6-2-3-7-14/h4-5,8-11,14,16,20H,2-3,6-7,12H2,1H3. The number of hydrogen-bond donors (Lipinski definition) is 1. The fraction of sp³-hybridized carbons (Fsp3) is 0.471. The average molecular weight is 286 g/mol. The minimum Gasteiger partial charge on any atom is -0.496 e. The SMILES string of the molecule is COc1ccccc1C(O)Cc1ccn(C2CCCC2)n1. The molecule has 2 aromatic rings. The van der Waals surface area contributed by atoms with Crippen molar-refractivity contribution in [3.63, 3.8) is 0 Å². The van der Waals surface area contributed by atoms with E-state index >= 15 is 0 Å². The van der Waals surface area contributed by atoms with Crippen LogP contribution in [0.5, 0.6) is 5.75 Å². The van der Waals surface area contributed by atoms with Crippen LogP contribution in [0.15, 0.2) is 36.5 Å². The van der Waals surface area contributed by atoms with Crippen molar-refractivity contribution in [3.8, 4) is 5.75 Å². The number of aliphatic hydroxyl groups is 1. The molecule has 1 N–H and O–H groups in total. The summed E-state index contributed by atoms with van der Waals surface area (Å²) in [6.45, 7) is 0. The van der Waals surface area contributed by atoms with E-state index in [1.54, 1.807) is 7.11 Å². The van der Waals surface area contributed by atoms with Gasteiger partial charge in [0, 0.05) is 18.2 Å². The molecule has 0 amide bonds. The molecule has 0 aliphatic heterocycles. The van der Waals surface area contributed by atoms with Gasteiger partial charge in [0.1, 0.15) is 5.75 Å². The Morgan fingerprint density at radius 3 is 2.81 bits per heavy atom. The predicted octanol–water partition coefficient (Wildman–Crippen LogP) is 3.28. The van der Waals surface area contributed by atoms with Crippen LogP contribution in [0.3, 0.4) is 0 Å². The molecule has 1 fully saturated rings. The number of ether oxygens (including phenoxy) is 1. The first kappa shape index (κ1) is 14.1. The first-order chi connectivity index (χ1) is 10.3. The minimum absolute atomic E-state index is 0.514. The van der Waals surface area contributed by atoms with Gasteiger partial charge in [0.15, 0.2) is 0 Å². The molecular weight excluding hydrogens is 264 g/mol. The molecule has 4 nitrogen and oxygen atoms in total. The summed E-state index contributed by atoms with van der Waals surface area (Å²) in [4.78, 5) is 0. The number of rotatable bonds is 5. The van der Waals surface area contributed by atoms with Gasteiger partial charge in [-0.05, 0) is 25.0 Å². The fourth-order valence-corrected chi connectivity index (χ4v) is 3.11. The molecule has 1 atom stereocenters. The summed E-state index contributed by atoms with van der Waals surface area (Å²) in [5.41, 5.74) is 1.75. The smallest absolute Gasteiger partial charge is 0.124 e.